The van der Waals surface area contributed by atoms with Gasteiger partial charge < -0.3 is 14.4 Å². The molecule has 4 rings (SSSR count). The number of hydrogen-bond donors (Lipinski definition) is 1. The molecule has 0 bridgehead atoms. The minimum absolute atomic E-state index is 0.0133. The number of aliphatic hydroxyl groups excluding tert-OH is 1. The van der Waals surface area contributed by atoms with E-state index in [9.17, 15) is 13.9 Å². The van der Waals surface area contributed by atoms with Crippen molar-refractivity contribution in [2.75, 3.05) is 6.61 Å². The van der Waals surface area contributed by atoms with E-state index in [2.05, 4.69) is 17.1 Å². The van der Waals surface area contributed by atoms with Crippen LogP contribution >= 0.6 is 0 Å². The highest BCUT2D eigenvalue weighted by Crippen LogP contribution is 2.32. The highest BCUT2D eigenvalue weighted by atomic mass is 19.2. The van der Waals surface area contributed by atoms with Crippen LogP contribution in [0.25, 0.3) is 11.0 Å². The van der Waals surface area contributed by atoms with E-state index in [1.54, 1.807) is 4.57 Å². The minimum atomic E-state index is -0.928. The van der Waals surface area contributed by atoms with Crippen LogP contribution in [0.5, 0.6) is 0 Å². The summed E-state index contributed by atoms with van der Waals surface area (Å²) in [5, 5.41) is 10.3. The topological polar surface area (TPSA) is 47.3 Å². The van der Waals surface area contributed by atoms with Gasteiger partial charge in [-0.25, -0.2) is 13.8 Å². The third-order valence-electron chi connectivity index (χ3n) is 4.87. The highest BCUT2D eigenvalue weighted by molar-refractivity contribution is 5.75. The number of aliphatic hydroxyl groups is 1. The Labute approximate surface area is 150 Å². The lowest BCUT2D eigenvalue weighted by Gasteiger charge is -2.26. The van der Waals surface area contributed by atoms with Crippen LogP contribution in [0.2, 0.25) is 0 Å². The molecular weight excluding hydrogens is 338 g/mol. The molecule has 0 amide bonds. The molecule has 0 saturated carbocycles. The van der Waals surface area contributed by atoms with Crippen molar-refractivity contribution in [1.29, 1.82) is 0 Å². The Balaban J connectivity index is 1.42. The number of aromatic nitrogens is 2. The average Bonchev–Trinajstić information content (AvgIpc) is 3.02. The largest absolute Gasteiger partial charge is 0.389 e. The van der Waals surface area contributed by atoms with Gasteiger partial charge in [0.25, 0.3) is 0 Å². The zero-order valence-corrected chi connectivity index (χ0v) is 14.2. The number of hydrogen-bond acceptors (Lipinski definition) is 3. The van der Waals surface area contributed by atoms with E-state index >= 15 is 0 Å². The molecule has 1 aliphatic carbocycles. The Morgan fingerprint density at radius 3 is 2.92 bits per heavy atom. The maximum atomic E-state index is 13.5. The molecule has 1 N–H and O–H groups in total. The maximum Gasteiger partial charge on any atom is 0.161 e. The summed E-state index contributed by atoms with van der Waals surface area (Å²) >= 11 is 0. The van der Waals surface area contributed by atoms with Crippen LogP contribution < -0.4 is 0 Å². The molecule has 136 valence electrons. The summed E-state index contributed by atoms with van der Waals surface area (Å²) in [6.07, 6.45) is 3.75. The Morgan fingerprint density at radius 1 is 1.23 bits per heavy atom. The van der Waals surface area contributed by atoms with Crippen LogP contribution in [0.3, 0.4) is 0 Å². The van der Waals surface area contributed by atoms with E-state index in [0.29, 0.717) is 11.0 Å². The van der Waals surface area contributed by atoms with Gasteiger partial charge in [-0.05, 0) is 30.4 Å². The first-order chi connectivity index (χ1) is 12.6. The van der Waals surface area contributed by atoms with Crippen molar-refractivity contribution in [3.8, 4) is 0 Å². The first-order valence-corrected chi connectivity index (χ1v) is 8.79. The van der Waals surface area contributed by atoms with Gasteiger partial charge in [-0.3, -0.25) is 0 Å². The lowest BCUT2D eigenvalue weighted by molar-refractivity contribution is -0.0222. The van der Waals surface area contributed by atoms with Crippen molar-refractivity contribution in [1.82, 2.24) is 9.55 Å². The molecule has 2 aromatic carbocycles. The molecule has 0 radical (unpaired) electrons. The van der Waals surface area contributed by atoms with E-state index < -0.39 is 17.7 Å². The van der Waals surface area contributed by atoms with Gasteiger partial charge in [-0.15, -0.1) is 0 Å². The first kappa shape index (κ1) is 17.1. The van der Waals surface area contributed by atoms with Gasteiger partial charge in [0.15, 0.2) is 11.6 Å². The van der Waals surface area contributed by atoms with Gasteiger partial charge in [-0.1, -0.05) is 24.3 Å². The molecule has 1 aromatic heterocycles. The number of benzene rings is 2. The van der Waals surface area contributed by atoms with Gasteiger partial charge >= 0.3 is 0 Å². The standard InChI is InChI=1S/C20H20F2N2O2/c21-16-8-18-19(9-17(16)22)24(12-23-18)10-14(25)11-26-20-7-3-5-13-4-1-2-6-15(13)20/h1-2,4,6,8-9,12,14,20,25H,3,5,7,10-11H2/t14-,20+/m1/s1. The van der Waals surface area contributed by atoms with E-state index in [0.717, 1.165) is 31.4 Å². The SMILES string of the molecule is O[C@@H](CO[C@H]1CCCc2ccccc21)Cn1cnc2cc(F)c(F)cc21. The van der Waals surface area contributed by atoms with Crippen LogP contribution in [0.15, 0.2) is 42.7 Å². The summed E-state index contributed by atoms with van der Waals surface area (Å²) < 4.78 is 34.3. The summed E-state index contributed by atoms with van der Waals surface area (Å²) in [7, 11) is 0. The third-order valence-corrected chi connectivity index (χ3v) is 4.87. The van der Waals surface area contributed by atoms with Crippen LogP contribution in [-0.4, -0.2) is 27.4 Å². The summed E-state index contributed by atoms with van der Waals surface area (Å²) in [5.41, 5.74) is 3.30. The predicted octanol–water partition coefficient (Wildman–Crippen LogP) is 3.77. The fourth-order valence-electron chi connectivity index (χ4n) is 3.59. The number of ether oxygens (including phenoxy) is 1. The fraction of sp³-hybridized carbons (Fsp3) is 0.350. The smallest absolute Gasteiger partial charge is 0.161 e. The molecule has 1 heterocycles. The number of rotatable bonds is 5. The summed E-state index contributed by atoms with van der Waals surface area (Å²) in [6.45, 7) is 0.373. The van der Waals surface area contributed by atoms with E-state index in [4.69, 9.17) is 4.74 Å². The second kappa shape index (κ2) is 7.13. The molecule has 2 atom stereocenters. The highest BCUT2D eigenvalue weighted by Gasteiger charge is 2.21. The van der Waals surface area contributed by atoms with Crippen LogP contribution in [0, 0.1) is 11.6 Å². The number of halogens is 2. The Morgan fingerprint density at radius 2 is 2.04 bits per heavy atom. The second-order valence-corrected chi connectivity index (χ2v) is 6.72. The molecule has 6 heteroatoms. The molecular formula is C20H20F2N2O2. The molecule has 0 saturated heterocycles. The molecule has 0 unspecified atom stereocenters. The zero-order valence-electron chi connectivity index (χ0n) is 14.2. The zero-order chi connectivity index (χ0) is 18.1. The van der Waals surface area contributed by atoms with Crippen molar-refractivity contribution >= 4 is 11.0 Å². The Bertz CT molecular complexity index is 925. The molecule has 26 heavy (non-hydrogen) atoms. The van der Waals surface area contributed by atoms with Gasteiger partial charge in [-0.2, -0.15) is 0 Å². The molecule has 3 aromatic rings. The molecule has 0 aliphatic heterocycles. The first-order valence-electron chi connectivity index (χ1n) is 8.79. The molecule has 4 nitrogen and oxygen atoms in total. The summed E-state index contributed by atoms with van der Waals surface area (Å²) in [5.74, 6) is -1.86. The fourth-order valence-corrected chi connectivity index (χ4v) is 3.59. The van der Waals surface area contributed by atoms with Crippen molar-refractivity contribution < 1.29 is 18.6 Å². The summed E-state index contributed by atoms with van der Waals surface area (Å²) in [4.78, 5) is 4.06. The molecule has 0 spiro atoms. The van der Waals surface area contributed by atoms with Crippen molar-refractivity contribution in [2.45, 2.75) is 38.0 Å². The lowest BCUT2D eigenvalue weighted by Crippen LogP contribution is -2.24. The van der Waals surface area contributed by atoms with E-state index in [1.165, 1.54) is 17.5 Å². The predicted molar refractivity (Wildman–Crippen MR) is 93.7 cm³/mol. The van der Waals surface area contributed by atoms with Crippen LogP contribution in [-0.2, 0) is 17.7 Å². The number of aryl methyl sites for hydroxylation is 1. The number of fused-ring (bicyclic) bond motifs is 2. The van der Waals surface area contributed by atoms with Crippen molar-refractivity contribution in [3.05, 3.63) is 65.5 Å². The molecule has 1 aliphatic rings. The monoisotopic (exact) mass is 358 g/mol. The second-order valence-electron chi connectivity index (χ2n) is 6.72. The summed E-state index contributed by atoms with van der Waals surface area (Å²) in [6, 6.07) is 10.4. The van der Waals surface area contributed by atoms with Gasteiger partial charge in [0.2, 0.25) is 0 Å². The quantitative estimate of drug-likeness (QED) is 0.755. The minimum Gasteiger partial charge on any atom is -0.389 e. The van der Waals surface area contributed by atoms with Crippen molar-refractivity contribution in [2.24, 2.45) is 0 Å². The number of imidazole rings is 1. The Hall–Kier alpha value is -2.31. The third kappa shape index (κ3) is 3.34. The normalized spacial score (nSPS) is 18.0. The Kier molecular flexibility index (Phi) is 4.70. The van der Waals surface area contributed by atoms with Crippen LogP contribution in [0.4, 0.5) is 8.78 Å². The van der Waals surface area contributed by atoms with E-state index in [-0.39, 0.29) is 19.3 Å². The van der Waals surface area contributed by atoms with Gasteiger partial charge in [0.1, 0.15) is 0 Å². The average molecular weight is 358 g/mol. The number of nitrogens with zero attached hydrogens (tertiary/aromatic N) is 2. The van der Waals surface area contributed by atoms with E-state index in [1.807, 2.05) is 12.1 Å². The molecule has 0 fully saturated rings. The van der Waals surface area contributed by atoms with Crippen LogP contribution in [0.1, 0.15) is 30.1 Å². The van der Waals surface area contributed by atoms with Crippen molar-refractivity contribution in [3.63, 3.8) is 0 Å². The lowest BCUT2D eigenvalue weighted by atomic mass is 9.89. The maximum absolute atomic E-state index is 13.5. The van der Waals surface area contributed by atoms with Gasteiger partial charge in [0.05, 0.1) is 42.7 Å². The van der Waals surface area contributed by atoms with Gasteiger partial charge in [0, 0.05) is 12.1 Å².